The average molecular weight is 331 g/mol. The van der Waals surface area contributed by atoms with Crippen LogP contribution < -0.4 is 0 Å². The SMILES string of the molecule is O=C(COC1CCCC1)N1CCC(C(=O)O)(c2ccccc2)CC1. The molecule has 5 heteroatoms. The van der Waals surface area contributed by atoms with Gasteiger partial charge in [0, 0.05) is 13.1 Å². The fourth-order valence-corrected chi connectivity index (χ4v) is 3.86. The summed E-state index contributed by atoms with van der Waals surface area (Å²) in [5.74, 6) is -0.822. The Labute approximate surface area is 142 Å². The van der Waals surface area contributed by atoms with E-state index in [4.69, 9.17) is 4.74 Å². The van der Waals surface area contributed by atoms with Gasteiger partial charge in [-0.25, -0.2) is 0 Å². The van der Waals surface area contributed by atoms with E-state index in [-0.39, 0.29) is 18.6 Å². The van der Waals surface area contributed by atoms with Gasteiger partial charge >= 0.3 is 5.97 Å². The summed E-state index contributed by atoms with van der Waals surface area (Å²) >= 11 is 0. The van der Waals surface area contributed by atoms with Crippen LogP contribution in [0.3, 0.4) is 0 Å². The summed E-state index contributed by atoms with van der Waals surface area (Å²) in [5, 5.41) is 9.79. The van der Waals surface area contributed by atoms with Crippen LogP contribution in [0.4, 0.5) is 0 Å². The lowest BCUT2D eigenvalue weighted by atomic mass is 9.73. The molecule has 3 rings (SSSR count). The second-order valence-electron chi connectivity index (χ2n) is 6.85. The first-order chi connectivity index (χ1) is 11.6. The van der Waals surface area contributed by atoms with Crippen molar-refractivity contribution in [2.24, 2.45) is 0 Å². The number of likely N-dealkylation sites (tertiary alicyclic amines) is 1. The molecule has 0 atom stereocenters. The standard InChI is InChI=1S/C19H25NO4/c21-17(14-24-16-8-4-5-9-16)20-12-10-19(11-13-20,18(22)23)15-6-2-1-3-7-15/h1-3,6-7,16H,4-5,8-14H2,(H,22,23). The zero-order chi connectivity index (χ0) is 17.0. The largest absolute Gasteiger partial charge is 0.481 e. The zero-order valence-corrected chi connectivity index (χ0v) is 13.9. The molecule has 5 nitrogen and oxygen atoms in total. The van der Waals surface area contributed by atoms with E-state index in [0.717, 1.165) is 18.4 Å². The van der Waals surface area contributed by atoms with Crippen molar-refractivity contribution in [3.05, 3.63) is 35.9 Å². The molecular formula is C19H25NO4. The summed E-state index contributed by atoms with van der Waals surface area (Å²) in [5.41, 5.74) is -0.0588. The van der Waals surface area contributed by atoms with Gasteiger partial charge in [-0.15, -0.1) is 0 Å². The molecule has 1 amide bonds. The molecule has 0 aromatic heterocycles. The average Bonchev–Trinajstić information content (AvgIpc) is 3.14. The smallest absolute Gasteiger partial charge is 0.314 e. The number of carboxylic acid groups (broad SMARTS) is 1. The zero-order valence-electron chi connectivity index (χ0n) is 13.9. The third kappa shape index (κ3) is 3.46. The maximum atomic E-state index is 12.3. The van der Waals surface area contributed by atoms with Gasteiger partial charge in [-0.3, -0.25) is 9.59 Å². The van der Waals surface area contributed by atoms with Crippen LogP contribution >= 0.6 is 0 Å². The van der Waals surface area contributed by atoms with Gasteiger partial charge in [-0.05, 0) is 31.2 Å². The van der Waals surface area contributed by atoms with Gasteiger partial charge < -0.3 is 14.7 Å². The molecule has 1 saturated carbocycles. The van der Waals surface area contributed by atoms with Crippen LogP contribution in [0.25, 0.3) is 0 Å². The number of carbonyl (C=O) groups is 2. The number of rotatable bonds is 5. The van der Waals surface area contributed by atoms with Gasteiger partial charge in [0.15, 0.2) is 0 Å². The van der Waals surface area contributed by atoms with Gasteiger partial charge in [0.25, 0.3) is 0 Å². The third-order valence-corrected chi connectivity index (χ3v) is 5.45. The molecule has 1 aliphatic heterocycles. The van der Waals surface area contributed by atoms with Crippen molar-refractivity contribution < 1.29 is 19.4 Å². The quantitative estimate of drug-likeness (QED) is 0.900. The highest BCUT2D eigenvalue weighted by molar-refractivity contribution is 5.83. The fourth-order valence-electron chi connectivity index (χ4n) is 3.86. The Morgan fingerprint density at radius 1 is 1.12 bits per heavy atom. The minimum Gasteiger partial charge on any atom is -0.481 e. The van der Waals surface area contributed by atoms with Crippen molar-refractivity contribution in [2.75, 3.05) is 19.7 Å². The van der Waals surface area contributed by atoms with Crippen molar-refractivity contribution in [1.29, 1.82) is 0 Å². The van der Waals surface area contributed by atoms with Gasteiger partial charge in [-0.2, -0.15) is 0 Å². The Morgan fingerprint density at radius 3 is 2.33 bits per heavy atom. The summed E-state index contributed by atoms with van der Waals surface area (Å²) in [4.78, 5) is 26.0. The first kappa shape index (κ1) is 17.0. The number of benzene rings is 1. The Balaban J connectivity index is 1.59. The highest BCUT2D eigenvalue weighted by Gasteiger charge is 2.43. The molecule has 1 aromatic rings. The Morgan fingerprint density at radius 2 is 1.75 bits per heavy atom. The van der Waals surface area contributed by atoms with Crippen LogP contribution in [-0.4, -0.2) is 47.7 Å². The number of aliphatic carboxylic acids is 1. The van der Waals surface area contributed by atoms with E-state index in [9.17, 15) is 14.7 Å². The van der Waals surface area contributed by atoms with E-state index in [1.54, 1.807) is 4.90 Å². The van der Waals surface area contributed by atoms with Crippen molar-refractivity contribution in [1.82, 2.24) is 4.90 Å². The minimum atomic E-state index is -0.885. The first-order valence-electron chi connectivity index (χ1n) is 8.80. The topological polar surface area (TPSA) is 66.8 Å². The molecule has 0 spiro atoms. The number of ether oxygens (including phenoxy) is 1. The summed E-state index contributed by atoms with van der Waals surface area (Å²) in [6, 6.07) is 9.36. The third-order valence-electron chi connectivity index (χ3n) is 5.45. The lowest BCUT2D eigenvalue weighted by molar-refractivity contribution is -0.149. The summed E-state index contributed by atoms with van der Waals surface area (Å²) in [6.45, 7) is 1.05. The van der Waals surface area contributed by atoms with Crippen LogP contribution in [0.1, 0.15) is 44.1 Å². The van der Waals surface area contributed by atoms with Crippen LogP contribution in [0.2, 0.25) is 0 Å². The second kappa shape index (κ2) is 7.34. The molecule has 1 N–H and O–H groups in total. The van der Waals surface area contributed by atoms with Crippen LogP contribution in [0, 0.1) is 0 Å². The molecule has 130 valence electrons. The molecule has 1 aliphatic carbocycles. The first-order valence-corrected chi connectivity index (χ1v) is 8.80. The van der Waals surface area contributed by atoms with Crippen LogP contribution in [-0.2, 0) is 19.7 Å². The van der Waals surface area contributed by atoms with Gasteiger partial charge in [0.2, 0.25) is 5.91 Å². The Bertz CT molecular complexity index is 572. The molecule has 1 heterocycles. The number of carbonyl (C=O) groups excluding carboxylic acids is 1. The maximum absolute atomic E-state index is 12.3. The van der Waals surface area contributed by atoms with Crippen molar-refractivity contribution in [2.45, 2.75) is 50.0 Å². The van der Waals surface area contributed by atoms with E-state index in [1.165, 1.54) is 12.8 Å². The number of carboxylic acids is 1. The molecule has 2 aliphatic rings. The lowest BCUT2D eigenvalue weighted by Gasteiger charge is -2.39. The predicted molar refractivity (Wildman–Crippen MR) is 89.8 cm³/mol. The lowest BCUT2D eigenvalue weighted by Crippen LogP contribution is -2.50. The molecule has 2 fully saturated rings. The minimum absolute atomic E-state index is 0.0195. The molecule has 24 heavy (non-hydrogen) atoms. The van der Waals surface area contributed by atoms with E-state index in [0.29, 0.717) is 25.9 Å². The normalized spacial score (nSPS) is 20.9. The molecular weight excluding hydrogens is 306 g/mol. The van der Waals surface area contributed by atoms with E-state index in [1.807, 2.05) is 30.3 Å². The van der Waals surface area contributed by atoms with Gasteiger partial charge in [-0.1, -0.05) is 43.2 Å². The van der Waals surface area contributed by atoms with Crippen LogP contribution in [0.15, 0.2) is 30.3 Å². The summed E-state index contributed by atoms with van der Waals surface area (Å²) < 4.78 is 5.69. The van der Waals surface area contributed by atoms with Gasteiger partial charge in [0.05, 0.1) is 11.5 Å². The number of hydrogen-bond acceptors (Lipinski definition) is 3. The molecule has 0 bridgehead atoms. The second-order valence-corrected chi connectivity index (χ2v) is 6.85. The number of hydrogen-bond donors (Lipinski definition) is 1. The Kier molecular flexibility index (Phi) is 5.19. The van der Waals surface area contributed by atoms with Crippen molar-refractivity contribution in [3.8, 4) is 0 Å². The highest BCUT2D eigenvalue weighted by Crippen LogP contribution is 2.36. The summed E-state index contributed by atoms with van der Waals surface area (Å²) in [7, 11) is 0. The fraction of sp³-hybridized carbons (Fsp3) is 0.579. The highest BCUT2D eigenvalue weighted by atomic mass is 16.5. The maximum Gasteiger partial charge on any atom is 0.314 e. The van der Waals surface area contributed by atoms with Crippen molar-refractivity contribution in [3.63, 3.8) is 0 Å². The summed E-state index contributed by atoms with van der Waals surface area (Å²) in [6.07, 6.45) is 5.57. The van der Waals surface area contributed by atoms with Gasteiger partial charge in [0.1, 0.15) is 6.61 Å². The Hall–Kier alpha value is -1.88. The van der Waals surface area contributed by atoms with E-state index in [2.05, 4.69) is 0 Å². The number of piperidine rings is 1. The van der Waals surface area contributed by atoms with Crippen LogP contribution in [0.5, 0.6) is 0 Å². The van der Waals surface area contributed by atoms with E-state index < -0.39 is 11.4 Å². The number of amides is 1. The molecule has 1 saturated heterocycles. The molecule has 0 radical (unpaired) electrons. The number of nitrogens with zero attached hydrogens (tertiary/aromatic N) is 1. The monoisotopic (exact) mass is 331 g/mol. The van der Waals surface area contributed by atoms with E-state index >= 15 is 0 Å². The predicted octanol–water partition coefficient (Wildman–Crippen LogP) is 2.59. The van der Waals surface area contributed by atoms with Crippen molar-refractivity contribution >= 4 is 11.9 Å². The molecule has 0 unspecified atom stereocenters. The molecule has 1 aromatic carbocycles.